The third-order valence-corrected chi connectivity index (χ3v) is 5.54. The van der Waals surface area contributed by atoms with E-state index in [1.165, 1.54) is 10.5 Å². The van der Waals surface area contributed by atoms with Crippen molar-refractivity contribution in [1.29, 1.82) is 5.26 Å². The number of likely N-dealkylation sites (tertiary alicyclic amines) is 1. The maximum absolute atomic E-state index is 13.4. The molecule has 0 saturated carbocycles. The molecule has 0 unspecified atom stereocenters. The summed E-state index contributed by atoms with van der Waals surface area (Å²) in [6.07, 6.45) is 5.81. The molecule has 1 aliphatic rings. The van der Waals surface area contributed by atoms with E-state index in [-0.39, 0.29) is 22.9 Å². The van der Waals surface area contributed by atoms with Gasteiger partial charge in [-0.25, -0.2) is 0 Å². The summed E-state index contributed by atoms with van der Waals surface area (Å²) in [5.74, 6) is 0.210. The molecule has 7 heteroatoms. The number of ether oxygens (including phenoxy) is 1. The van der Waals surface area contributed by atoms with Crippen molar-refractivity contribution in [3.63, 3.8) is 0 Å². The lowest BCUT2D eigenvalue weighted by Gasteiger charge is -2.26. The summed E-state index contributed by atoms with van der Waals surface area (Å²) in [4.78, 5) is 32.6. The van der Waals surface area contributed by atoms with Gasteiger partial charge in [-0.05, 0) is 68.5 Å². The quantitative estimate of drug-likeness (QED) is 0.463. The van der Waals surface area contributed by atoms with E-state index in [1.54, 1.807) is 23.2 Å². The molecule has 0 radical (unpaired) electrons. The fourth-order valence-corrected chi connectivity index (χ4v) is 3.84. The Morgan fingerprint density at radius 1 is 1.16 bits per heavy atom. The Hall–Kier alpha value is -3.92. The Bertz CT molecular complexity index is 1310. The van der Waals surface area contributed by atoms with Crippen molar-refractivity contribution in [2.75, 3.05) is 13.1 Å². The van der Waals surface area contributed by atoms with Gasteiger partial charge in [0.15, 0.2) is 0 Å². The zero-order valence-electron chi connectivity index (χ0n) is 18.2. The number of carbonyl (C=O) groups is 1. The van der Waals surface area contributed by atoms with Gasteiger partial charge in [-0.15, -0.1) is 0 Å². The van der Waals surface area contributed by atoms with E-state index in [1.807, 2.05) is 44.2 Å². The Morgan fingerprint density at radius 2 is 1.94 bits per heavy atom. The van der Waals surface area contributed by atoms with Crippen LogP contribution in [0.2, 0.25) is 0 Å². The Morgan fingerprint density at radius 3 is 2.66 bits per heavy atom. The number of aromatic nitrogens is 2. The minimum absolute atomic E-state index is 0.0640. The summed E-state index contributed by atoms with van der Waals surface area (Å²) in [5, 5.41) is 9.72. The zero-order valence-corrected chi connectivity index (χ0v) is 18.2. The lowest BCUT2D eigenvalue weighted by atomic mass is 10.1. The van der Waals surface area contributed by atoms with Crippen LogP contribution >= 0.6 is 0 Å². The summed E-state index contributed by atoms with van der Waals surface area (Å²) in [6, 6.07) is 13.0. The SMILES string of the molecule is Cc1cccc(Oc2nc3c(C)cccn3c(=O)c2/C=C(\C#N)C(=O)N2CCCCC2)c1. The van der Waals surface area contributed by atoms with Crippen LogP contribution in [0.25, 0.3) is 11.7 Å². The number of benzene rings is 1. The molecule has 32 heavy (non-hydrogen) atoms. The number of carbonyl (C=O) groups excluding carboxylic acids is 1. The maximum Gasteiger partial charge on any atom is 0.269 e. The highest BCUT2D eigenvalue weighted by atomic mass is 16.5. The van der Waals surface area contributed by atoms with Crippen LogP contribution in [0.4, 0.5) is 0 Å². The number of hydrogen-bond acceptors (Lipinski definition) is 5. The van der Waals surface area contributed by atoms with E-state index in [0.717, 1.165) is 30.4 Å². The van der Waals surface area contributed by atoms with E-state index < -0.39 is 5.56 Å². The number of hydrogen-bond donors (Lipinski definition) is 0. The number of nitrogens with zero attached hydrogens (tertiary/aromatic N) is 4. The molecule has 4 rings (SSSR count). The molecule has 0 aliphatic carbocycles. The van der Waals surface area contributed by atoms with Crippen LogP contribution in [0.15, 0.2) is 53.0 Å². The standard InChI is InChI=1S/C25H24N4O3/c1-17-8-6-10-20(14-17)32-23-21(25(31)29-13-7-9-18(2)22(29)27-23)15-19(16-26)24(30)28-11-4-3-5-12-28/h6-10,13-15H,3-5,11-12H2,1-2H3/b19-15+. The third kappa shape index (κ3) is 4.26. The van der Waals surface area contributed by atoms with Crippen molar-refractivity contribution in [2.45, 2.75) is 33.1 Å². The molecule has 162 valence electrons. The zero-order chi connectivity index (χ0) is 22.7. The first-order valence-electron chi connectivity index (χ1n) is 10.7. The molecule has 1 amide bonds. The largest absolute Gasteiger partial charge is 0.438 e. The van der Waals surface area contributed by atoms with Crippen molar-refractivity contribution < 1.29 is 9.53 Å². The van der Waals surface area contributed by atoms with Crippen LogP contribution < -0.4 is 10.3 Å². The average molecular weight is 428 g/mol. The van der Waals surface area contributed by atoms with Crippen molar-refractivity contribution in [1.82, 2.24) is 14.3 Å². The molecule has 1 aliphatic heterocycles. The second kappa shape index (κ2) is 9.06. The highest BCUT2D eigenvalue weighted by Gasteiger charge is 2.23. The van der Waals surface area contributed by atoms with Crippen LogP contribution in [0.1, 0.15) is 36.0 Å². The van der Waals surface area contributed by atoms with Gasteiger partial charge < -0.3 is 9.64 Å². The Balaban J connectivity index is 1.87. The molecule has 2 aromatic heterocycles. The summed E-state index contributed by atoms with van der Waals surface area (Å²) < 4.78 is 7.41. The van der Waals surface area contributed by atoms with Gasteiger partial charge in [-0.2, -0.15) is 10.2 Å². The van der Waals surface area contributed by atoms with Gasteiger partial charge in [0.2, 0.25) is 5.88 Å². The van der Waals surface area contributed by atoms with E-state index in [9.17, 15) is 14.9 Å². The molecular formula is C25H24N4O3. The van der Waals surface area contributed by atoms with Crippen molar-refractivity contribution in [2.24, 2.45) is 0 Å². The fraction of sp³-hybridized carbons (Fsp3) is 0.280. The molecule has 1 aromatic carbocycles. The number of amides is 1. The molecule has 0 bridgehead atoms. The lowest BCUT2D eigenvalue weighted by molar-refractivity contribution is -0.127. The van der Waals surface area contributed by atoms with Gasteiger partial charge in [0.1, 0.15) is 28.6 Å². The van der Waals surface area contributed by atoms with Gasteiger partial charge in [0.25, 0.3) is 11.5 Å². The minimum atomic E-state index is -0.402. The number of aryl methyl sites for hydroxylation is 2. The Labute approximate surface area is 186 Å². The van der Waals surface area contributed by atoms with Gasteiger partial charge >= 0.3 is 0 Å². The molecule has 3 heterocycles. The molecule has 3 aromatic rings. The van der Waals surface area contributed by atoms with Crippen LogP contribution in [0.3, 0.4) is 0 Å². The fourth-order valence-electron chi connectivity index (χ4n) is 3.84. The highest BCUT2D eigenvalue weighted by molar-refractivity contribution is 6.02. The van der Waals surface area contributed by atoms with Crippen LogP contribution in [0.5, 0.6) is 11.6 Å². The molecule has 0 atom stereocenters. The van der Waals surface area contributed by atoms with Gasteiger partial charge in [0, 0.05) is 19.3 Å². The number of pyridine rings is 1. The smallest absolute Gasteiger partial charge is 0.269 e. The molecule has 0 N–H and O–H groups in total. The number of rotatable bonds is 4. The van der Waals surface area contributed by atoms with E-state index in [0.29, 0.717) is 24.5 Å². The number of fused-ring (bicyclic) bond motifs is 1. The third-order valence-electron chi connectivity index (χ3n) is 5.54. The van der Waals surface area contributed by atoms with Crippen LogP contribution in [-0.4, -0.2) is 33.3 Å². The van der Waals surface area contributed by atoms with Crippen LogP contribution in [0, 0.1) is 25.2 Å². The topological polar surface area (TPSA) is 87.7 Å². The van der Waals surface area contributed by atoms with Crippen molar-refractivity contribution >= 4 is 17.6 Å². The summed E-state index contributed by atoms with van der Waals surface area (Å²) in [7, 11) is 0. The highest BCUT2D eigenvalue weighted by Crippen LogP contribution is 2.26. The minimum Gasteiger partial charge on any atom is -0.438 e. The normalized spacial score (nSPS) is 14.3. The monoisotopic (exact) mass is 428 g/mol. The number of piperidine rings is 1. The predicted molar refractivity (Wildman–Crippen MR) is 121 cm³/mol. The van der Waals surface area contributed by atoms with Gasteiger partial charge in [0.05, 0.1) is 0 Å². The maximum atomic E-state index is 13.4. The first kappa shape index (κ1) is 21.3. The van der Waals surface area contributed by atoms with Crippen molar-refractivity contribution in [3.05, 3.63) is 75.2 Å². The first-order valence-corrected chi connectivity index (χ1v) is 10.7. The van der Waals surface area contributed by atoms with Gasteiger partial charge in [-0.3, -0.25) is 14.0 Å². The van der Waals surface area contributed by atoms with E-state index >= 15 is 0 Å². The molecule has 1 fully saturated rings. The average Bonchev–Trinajstić information content (AvgIpc) is 2.80. The van der Waals surface area contributed by atoms with E-state index in [2.05, 4.69) is 4.98 Å². The molecule has 1 saturated heterocycles. The van der Waals surface area contributed by atoms with Crippen LogP contribution in [-0.2, 0) is 4.79 Å². The molecule has 0 spiro atoms. The summed E-state index contributed by atoms with van der Waals surface area (Å²) >= 11 is 0. The first-order chi connectivity index (χ1) is 15.5. The lowest BCUT2D eigenvalue weighted by Crippen LogP contribution is -2.36. The van der Waals surface area contributed by atoms with Gasteiger partial charge in [-0.1, -0.05) is 18.2 Å². The van der Waals surface area contributed by atoms with Crippen molar-refractivity contribution in [3.8, 4) is 17.7 Å². The molecule has 7 nitrogen and oxygen atoms in total. The van der Waals surface area contributed by atoms with E-state index in [4.69, 9.17) is 4.74 Å². The second-order valence-corrected chi connectivity index (χ2v) is 7.96. The molecular weight excluding hydrogens is 404 g/mol. The summed E-state index contributed by atoms with van der Waals surface area (Å²) in [6.45, 7) is 5.01. The number of nitriles is 1. The second-order valence-electron chi connectivity index (χ2n) is 7.96. The summed E-state index contributed by atoms with van der Waals surface area (Å²) in [5.41, 5.74) is 1.81. The predicted octanol–water partition coefficient (Wildman–Crippen LogP) is 4.02. The Kier molecular flexibility index (Phi) is 6.04.